The highest BCUT2D eigenvalue weighted by atomic mass is 16.4. The lowest BCUT2D eigenvalue weighted by Crippen LogP contribution is -2.26. The highest BCUT2D eigenvalue weighted by molar-refractivity contribution is 5.70. The average molecular weight is 244 g/mol. The molecular weight excluding hydrogens is 232 g/mol. The summed E-state index contributed by atoms with van der Waals surface area (Å²) in [5.41, 5.74) is 0.769. The van der Waals surface area contributed by atoms with E-state index in [0.29, 0.717) is 19.4 Å². The predicted octanol–water partition coefficient (Wildman–Crippen LogP) is 0.987. The molecule has 1 aliphatic heterocycles. The van der Waals surface area contributed by atoms with Gasteiger partial charge in [-0.25, -0.2) is 0 Å². The first kappa shape index (κ1) is 10.9. The number of hydrogen-bond acceptors (Lipinski definition) is 4. The number of nitrogens with zero attached hydrogens (tertiary/aromatic N) is 4. The minimum absolute atomic E-state index is 0.349. The van der Waals surface area contributed by atoms with Crippen LogP contribution in [-0.4, -0.2) is 30.8 Å². The fourth-order valence-electron chi connectivity index (χ4n) is 2.22. The molecule has 1 N–H and O–H groups in total. The molecule has 2 aromatic heterocycles. The van der Waals surface area contributed by atoms with Gasteiger partial charge in [-0.15, -0.1) is 10.2 Å². The van der Waals surface area contributed by atoms with E-state index in [0.717, 1.165) is 17.3 Å². The number of carboxylic acid groups (broad SMARTS) is 1. The van der Waals surface area contributed by atoms with Crippen LogP contribution >= 0.6 is 0 Å². The van der Waals surface area contributed by atoms with Gasteiger partial charge in [0.2, 0.25) is 0 Å². The van der Waals surface area contributed by atoms with Gasteiger partial charge in [0.05, 0.1) is 5.92 Å². The van der Waals surface area contributed by atoms with Crippen molar-refractivity contribution in [2.75, 3.05) is 0 Å². The molecule has 6 heteroatoms. The van der Waals surface area contributed by atoms with Gasteiger partial charge < -0.3 is 9.67 Å². The second kappa shape index (κ2) is 4.21. The van der Waals surface area contributed by atoms with Gasteiger partial charge in [0, 0.05) is 19.2 Å². The fourth-order valence-corrected chi connectivity index (χ4v) is 2.22. The maximum atomic E-state index is 11.0. The minimum atomic E-state index is -0.761. The molecule has 0 saturated carbocycles. The topological polar surface area (TPSA) is 80.9 Å². The lowest BCUT2D eigenvalue weighted by molar-refractivity contribution is -0.142. The van der Waals surface area contributed by atoms with Crippen molar-refractivity contribution in [2.24, 2.45) is 5.92 Å². The van der Waals surface area contributed by atoms with Crippen molar-refractivity contribution in [1.82, 2.24) is 19.7 Å². The highest BCUT2D eigenvalue weighted by Crippen LogP contribution is 2.24. The van der Waals surface area contributed by atoms with Crippen molar-refractivity contribution in [3.05, 3.63) is 30.2 Å². The third-order valence-electron chi connectivity index (χ3n) is 3.20. The van der Waals surface area contributed by atoms with Gasteiger partial charge in [-0.2, -0.15) is 0 Å². The van der Waals surface area contributed by atoms with Crippen LogP contribution in [0.15, 0.2) is 24.4 Å². The number of carbonyl (C=O) groups is 1. The van der Waals surface area contributed by atoms with Gasteiger partial charge in [-0.1, -0.05) is 6.07 Å². The molecular formula is C12H12N4O2. The average Bonchev–Trinajstić information content (AvgIpc) is 2.82. The van der Waals surface area contributed by atoms with Crippen LogP contribution in [0.25, 0.3) is 11.5 Å². The summed E-state index contributed by atoms with van der Waals surface area (Å²) in [6, 6.07) is 5.62. The van der Waals surface area contributed by atoms with Gasteiger partial charge in [0.1, 0.15) is 11.5 Å². The summed E-state index contributed by atoms with van der Waals surface area (Å²) < 4.78 is 1.96. The smallest absolute Gasteiger partial charge is 0.307 e. The fraction of sp³-hybridized carbons (Fsp3) is 0.333. The largest absolute Gasteiger partial charge is 0.481 e. The monoisotopic (exact) mass is 244 g/mol. The zero-order chi connectivity index (χ0) is 12.5. The van der Waals surface area contributed by atoms with Crippen LogP contribution in [-0.2, 0) is 17.8 Å². The van der Waals surface area contributed by atoms with Crippen molar-refractivity contribution in [2.45, 2.75) is 19.4 Å². The van der Waals surface area contributed by atoms with Crippen molar-refractivity contribution in [1.29, 1.82) is 0 Å². The molecule has 3 rings (SSSR count). The van der Waals surface area contributed by atoms with Gasteiger partial charge in [0.25, 0.3) is 0 Å². The normalized spacial score (nSPS) is 18.3. The van der Waals surface area contributed by atoms with Crippen molar-refractivity contribution in [3.8, 4) is 11.5 Å². The van der Waals surface area contributed by atoms with E-state index < -0.39 is 5.97 Å². The van der Waals surface area contributed by atoms with Crippen LogP contribution < -0.4 is 0 Å². The Labute approximate surface area is 103 Å². The summed E-state index contributed by atoms with van der Waals surface area (Å²) in [7, 11) is 0. The van der Waals surface area contributed by atoms with E-state index in [-0.39, 0.29) is 5.92 Å². The van der Waals surface area contributed by atoms with E-state index in [9.17, 15) is 4.79 Å². The van der Waals surface area contributed by atoms with E-state index in [1.54, 1.807) is 6.20 Å². The zero-order valence-electron chi connectivity index (χ0n) is 9.65. The first-order valence-corrected chi connectivity index (χ1v) is 5.82. The van der Waals surface area contributed by atoms with Gasteiger partial charge >= 0.3 is 5.97 Å². The Balaban J connectivity index is 1.96. The molecule has 3 heterocycles. The molecule has 0 aliphatic carbocycles. The molecule has 6 nitrogen and oxygen atoms in total. The molecule has 0 saturated heterocycles. The Morgan fingerprint density at radius 1 is 1.39 bits per heavy atom. The van der Waals surface area contributed by atoms with Crippen molar-refractivity contribution >= 4 is 5.97 Å². The molecule has 2 aromatic rings. The van der Waals surface area contributed by atoms with Gasteiger partial charge in [-0.05, 0) is 18.6 Å². The van der Waals surface area contributed by atoms with E-state index >= 15 is 0 Å². The summed E-state index contributed by atoms with van der Waals surface area (Å²) >= 11 is 0. The van der Waals surface area contributed by atoms with Crippen LogP contribution in [0.1, 0.15) is 12.2 Å². The molecule has 1 unspecified atom stereocenters. The quantitative estimate of drug-likeness (QED) is 0.851. The number of fused-ring (bicyclic) bond motifs is 1. The molecule has 92 valence electrons. The second-order valence-corrected chi connectivity index (χ2v) is 4.33. The predicted molar refractivity (Wildman–Crippen MR) is 62.7 cm³/mol. The maximum absolute atomic E-state index is 11.0. The molecule has 1 aliphatic rings. The van der Waals surface area contributed by atoms with E-state index in [2.05, 4.69) is 15.2 Å². The second-order valence-electron chi connectivity index (χ2n) is 4.33. The Kier molecular flexibility index (Phi) is 2.55. The number of aliphatic carboxylic acids is 1. The lowest BCUT2D eigenvalue weighted by atomic mass is 9.98. The SMILES string of the molecule is O=C(O)C1CCn2c(nnc2-c2ccccn2)C1. The highest BCUT2D eigenvalue weighted by Gasteiger charge is 2.27. The molecule has 0 spiro atoms. The summed E-state index contributed by atoms with van der Waals surface area (Å²) in [6.45, 7) is 0.630. The lowest BCUT2D eigenvalue weighted by Gasteiger charge is -2.20. The number of rotatable bonds is 2. The molecule has 1 atom stereocenters. The Bertz CT molecular complexity index is 579. The van der Waals surface area contributed by atoms with Crippen LogP contribution in [0.2, 0.25) is 0 Å². The van der Waals surface area contributed by atoms with Crippen molar-refractivity contribution in [3.63, 3.8) is 0 Å². The van der Waals surface area contributed by atoms with Crippen LogP contribution in [0.3, 0.4) is 0 Å². The third kappa shape index (κ3) is 1.75. The molecule has 0 radical (unpaired) electrons. The summed E-state index contributed by atoms with van der Waals surface area (Å²) in [4.78, 5) is 15.2. The van der Waals surface area contributed by atoms with E-state index in [1.165, 1.54) is 0 Å². The van der Waals surface area contributed by atoms with Gasteiger partial charge in [-0.3, -0.25) is 9.78 Å². The number of hydrogen-bond donors (Lipinski definition) is 1. The van der Waals surface area contributed by atoms with E-state index in [1.807, 2.05) is 22.8 Å². The Morgan fingerprint density at radius 3 is 3.00 bits per heavy atom. The molecule has 0 bridgehead atoms. The summed E-state index contributed by atoms with van der Waals surface area (Å²) in [5.74, 6) is 0.339. The number of pyridine rings is 1. The molecule has 0 amide bonds. The minimum Gasteiger partial charge on any atom is -0.481 e. The van der Waals surface area contributed by atoms with E-state index in [4.69, 9.17) is 5.11 Å². The number of carboxylic acids is 1. The standard InChI is InChI=1S/C12H12N4O2/c17-12(18)8-4-6-16-10(7-8)14-15-11(16)9-3-1-2-5-13-9/h1-3,5,8H,4,6-7H2,(H,17,18). The van der Waals surface area contributed by atoms with Crippen LogP contribution in [0, 0.1) is 5.92 Å². The Hall–Kier alpha value is -2.24. The first-order chi connectivity index (χ1) is 8.75. The molecule has 0 aromatic carbocycles. The van der Waals surface area contributed by atoms with Gasteiger partial charge in [0.15, 0.2) is 5.82 Å². The summed E-state index contributed by atoms with van der Waals surface area (Å²) in [6.07, 6.45) is 2.76. The van der Waals surface area contributed by atoms with Crippen LogP contribution in [0.4, 0.5) is 0 Å². The zero-order valence-corrected chi connectivity index (χ0v) is 9.65. The van der Waals surface area contributed by atoms with Crippen molar-refractivity contribution < 1.29 is 9.90 Å². The summed E-state index contributed by atoms with van der Waals surface area (Å²) in [5, 5.41) is 17.2. The number of aromatic nitrogens is 4. The first-order valence-electron chi connectivity index (χ1n) is 5.82. The Morgan fingerprint density at radius 2 is 2.28 bits per heavy atom. The maximum Gasteiger partial charge on any atom is 0.307 e. The van der Waals surface area contributed by atoms with Crippen LogP contribution in [0.5, 0.6) is 0 Å². The molecule has 0 fully saturated rings. The third-order valence-corrected chi connectivity index (χ3v) is 3.20. The molecule has 18 heavy (non-hydrogen) atoms.